The van der Waals surface area contributed by atoms with Gasteiger partial charge in [0, 0.05) is 20.8 Å². The zero-order chi connectivity index (χ0) is 12.5. The quantitative estimate of drug-likeness (QED) is 0.851. The molecule has 1 aliphatic rings. The van der Waals surface area contributed by atoms with Gasteiger partial charge in [-0.25, -0.2) is 0 Å². The molecule has 1 aromatic carbocycles. The van der Waals surface area contributed by atoms with E-state index in [1.165, 1.54) is 28.2 Å². The highest BCUT2D eigenvalue weighted by Crippen LogP contribution is 2.44. The summed E-state index contributed by atoms with van der Waals surface area (Å²) in [6.45, 7) is 0. The van der Waals surface area contributed by atoms with E-state index in [1.807, 2.05) is 23.5 Å². The monoisotopic (exact) mass is 277 g/mol. The zero-order valence-electron chi connectivity index (χ0n) is 10.3. The first kappa shape index (κ1) is 12.2. The van der Waals surface area contributed by atoms with Crippen LogP contribution < -0.4 is 5.32 Å². The smallest absolute Gasteiger partial charge is 0.0441 e. The average Bonchev–Trinajstić information content (AvgIpc) is 3.09. The van der Waals surface area contributed by atoms with Crippen LogP contribution in [0.25, 0.3) is 10.4 Å². The van der Waals surface area contributed by atoms with Crippen molar-refractivity contribution in [1.82, 2.24) is 5.32 Å². The van der Waals surface area contributed by atoms with Gasteiger partial charge < -0.3 is 5.32 Å². The average molecular weight is 278 g/mol. The third-order valence-corrected chi connectivity index (χ3v) is 4.94. The first-order valence-electron chi connectivity index (χ1n) is 6.31. The molecule has 0 aliphatic heterocycles. The van der Waals surface area contributed by atoms with Crippen molar-refractivity contribution in [1.29, 1.82) is 0 Å². The van der Waals surface area contributed by atoms with Gasteiger partial charge in [-0.3, -0.25) is 0 Å². The van der Waals surface area contributed by atoms with E-state index >= 15 is 0 Å². The van der Waals surface area contributed by atoms with E-state index in [-0.39, 0.29) is 0 Å². The summed E-state index contributed by atoms with van der Waals surface area (Å²) in [7, 11) is 2.06. The molecule has 3 heteroatoms. The largest absolute Gasteiger partial charge is 0.312 e. The summed E-state index contributed by atoms with van der Waals surface area (Å²) in [6, 6.07) is 13.1. The standard InChI is InChI=1S/C15H16ClNS/c1-17-15(11-2-3-11)14-9-8-13(18-14)10-4-6-12(16)7-5-10/h4-9,11,15,17H,2-3H2,1H3. The van der Waals surface area contributed by atoms with Crippen LogP contribution in [-0.4, -0.2) is 7.05 Å². The van der Waals surface area contributed by atoms with Crippen molar-refractivity contribution < 1.29 is 0 Å². The van der Waals surface area contributed by atoms with Gasteiger partial charge >= 0.3 is 0 Å². The molecule has 1 aromatic heterocycles. The van der Waals surface area contributed by atoms with E-state index in [1.54, 1.807) is 0 Å². The first-order chi connectivity index (χ1) is 8.78. The Morgan fingerprint density at radius 2 is 1.89 bits per heavy atom. The van der Waals surface area contributed by atoms with Crippen molar-refractivity contribution in [3.63, 3.8) is 0 Å². The first-order valence-corrected chi connectivity index (χ1v) is 7.50. The molecule has 1 unspecified atom stereocenters. The minimum absolute atomic E-state index is 0.538. The molecule has 18 heavy (non-hydrogen) atoms. The molecule has 0 bridgehead atoms. The van der Waals surface area contributed by atoms with Crippen LogP contribution in [0.5, 0.6) is 0 Å². The fourth-order valence-corrected chi connectivity index (χ4v) is 3.67. The van der Waals surface area contributed by atoms with Gasteiger partial charge in [-0.2, -0.15) is 0 Å². The summed E-state index contributed by atoms with van der Waals surface area (Å²) in [4.78, 5) is 2.77. The summed E-state index contributed by atoms with van der Waals surface area (Å²) in [5.41, 5.74) is 1.25. The highest BCUT2D eigenvalue weighted by atomic mass is 35.5. The Balaban J connectivity index is 1.86. The van der Waals surface area contributed by atoms with Crippen molar-refractivity contribution in [3.05, 3.63) is 46.3 Å². The maximum absolute atomic E-state index is 5.92. The third-order valence-electron chi connectivity index (χ3n) is 3.47. The summed E-state index contributed by atoms with van der Waals surface area (Å²) in [5.74, 6) is 0.840. The number of hydrogen-bond acceptors (Lipinski definition) is 2. The van der Waals surface area contributed by atoms with E-state index in [0.717, 1.165) is 10.9 Å². The van der Waals surface area contributed by atoms with Gasteiger partial charge in [0.15, 0.2) is 0 Å². The molecular weight excluding hydrogens is 262 g/mol. The van der Waals surface area contributed by atoms with E-state index in [0.29, 0.717) is 6.04 Å². The van der Waals surface area contributed by atoms with Gasteiger partial charge in [0.25, 0.3) is 0 Å². The second-order valence-corrected chi connectivity index (χ2v) is 6.36. The molecule has 1 heterocycles. The molecule has 94 valence electrons. The van der Waals surface area contributed by atoms with Crippen LogP contribution in [0.15, 0.2) is 36.4 Å². The van der Waals surface area contributed by atoms with Crippen LogP contribution in [0.1, 0.15) is 23.8 Å². The predicted octanol–water partition coefficient (Wildman–Crippen LogP) is 4.74. The van der Waals surface area contributed by atoms with Gasteiger partial charge in [-0.1, -0.05) is 23.7 Å². The summed E-state index contributed by atoms with van der Waals surface area (Å²) >= 11 is 7.81. The summed E-state index contributed by atoms with van der Waals surface area (Å²) in [6.07, 6.45) is 2.72. The van der Waals surface area contributed by atoms with Gasteiger partial charge in [-0.15, -0.1) is 11.3 Å². The van der Waals surface area contributed by atoms with E-state index in [4.69, 9.17) is 11.6 Å². The zero-order valence-corrected chi connectivity index (χ0v) is 11.9. The summed E-state index contributed by atoms with van der Waals surface area (Å²) < 4.78 is 0. The molecule has 1 aliphatic carbocycles. The second-order valence-electron chi connectivity index (χ2n) is 4.81. The SMILES string of the molecule is CNC(c1ccc(-c2ccc(Cl)cc2)s1)C1CC1. The lowest BCUT2D eigenvalue weighted by molar-refractivity contribution is 0.537. The molecule has 3 rings (SSSR count). The Bertz CT molecular complexity index is 528. The number of nitrogens with one attached hydrogen (secondary N) is 1. The fourth-order valence-electron chi connectivity index (χ4n) is 2.33. The van der Waals surface area contributed by atoms with Crippen LogP contribution >= 0.6 is 22.9 Å². The lowest BCUT2D eigenvalue weighted by Gasteiger charge is -2.12. The lowest BCUT2D eigenvalue weighted by Crippen LogP contribution is -2.16. The molecule has 1 fully saturated rings. The predicted molar refractivity (Wildman–Crippen MR) is 79.3 cm³/mol. The lowest BCUT2D eigenvalue weighted by atomic mass is 10.1. The second kappa shape index (κ2) is 5.04. The maximum atomic E-state index is 5.92. The molecule has 1 atom stereocenters. The number of hydrogen-bond donors (Lipinski definition) is 1. The Morgan fingerprint density at radius 3 is 2.50 bits per heavy atom. The van der Waals surface area contributed by atoms with Crippen LogP contribution in [-0.2, 0) is 0 Å². The molecule has 0 radical (unpaired) electrons. The highest BCUT2D eigenvalue weighted by Gasteiger charge is 2.32. The van der Waals surface area contributed by atoms with Crippen LogP contribution in [0.3, 0.4) is 0 Å². The fraction of sp³-hybridized carbons (Fsp3) is 0.333. The van der Waals surface area contributed by atoms with Gasteiger partial charge in [0.2, 0.25) is 0 Å². The van der Waals surface area contributed by atoms with Crippen LogP contribution in [0.4, 0.5) is 0 Å². The maximum Gasteiger partial charge on any atom is 0.0441 e. The molecule has 0 saturated heterocycles. The van der Waals surface area contributed by atoms with Crippen LogP contribution in [0.2, 0.25) is 5.02 Å². The molecule has 1 nitrogen and oxygen atoms in total. The normalized spacial score (nSPS) is 16.8. The van der Waals surface area contributed by atoms with Gasteiger partial charge in [-0.05, 0) is 55.6 Å². The Hall–Kier alpha value is -0.830. The van der Waals surface area contributed by atoms with Crippen molar-refractivity contribution in [2.24, 2.45) is 5.92 Å². The van der Waals surface area contributed by atoms with E-state index < -0.39 is 0 Å². The molecule has 1 saturated carbocycles. The van der Waals surface area contributed by atoms with Crippen molar-refractivity contribution >= 4 is 22.9 Å². The molecule has 0 amide bonds. The highest BCUT2D eigenvalue weighted by molar-refractivity contribution is 7.15. The molecular formula is C15H16ClNS. The van der Waals surface area contributed by atoms with Gasteiger partial charge in [0.1, 0.15) is 0 Å². The Kier molecular flexibility index (Phi) is 3.42. The molecule has 1 N–H and O–H groups in total. The summed E-state index contributed by atoms with van der Waals surface area (Å²) in [5, 5.41) is 4.24. The van der Waals surface area contributed by atoms with Crippen LogP contribution in [0, 0.1) is 5.92 Å². The van der Waals surface area contributed by atoms with Gasteiger partial charge in [0.05, 0.1) is 0 Å². The molecule has 0 spiro atoms. The minimum Gasteiger partial charge on any atom is -0.312 e. The Morgan fingerprint density at radius 1 is 1.17 bits per heavy atom. The van der Waals surface area contributed by atoms with Crippen molar-refractivity contribution in [2.75, 3.05) is 7.05 Å². The van der Waals surface area contributed by atoms with E-state index in [2.05, 4.69) is 36.6 Å². The molecule has 2 aromatic rings. The van der Waals surface area contributed by atoms with Crippen molar-refractivity contribution in [2.45, 2.75) is 18.9 Å². The van der Waals surface area contributed by atoms with Crippen molar-refractivity contribution in [3.8, 4) is 10.4 Å². The Labute approximate surface area is 117 Å². The number of thiophene rings is 1. The number of halogens is 1. The number of benzene rings is 1. The minimum atomic E-state index is 0.538. The number of rotatable bonds is 4. The third kappa shape index (κ3) is 2.46. The topological polar surface area (TPSA) is 12.0 Å². The van der Waals surface area contributed by atoms with E-state index in [9.17, 15) is 0 Å².